The van der Waals surface area contributed by atoms with Crippen molar-refractivity contribution in [1.82, 2.24) is 9.97 Å². The zero-order valence-electron chi connectivity index (χ0n) is 12.7. The minimum Gasteiger partial charge on any atom is -0.346 e. The molecule has 0 saturated heterocycles. The number of hydrogen-bond acceptors (Lipinski definition) is 2. The van der Waals surface area contributed by atoms with Gasteiger partial charge in [0.2, 0.25) is 0 Å². The first kappa shape index (κ1) is 14.7. The number of pyridine rings is 2. The van der Waals surface area contributed by atoms with Crippen molar-refractivity contribution in [3.05, 3.63) is 88.2 Å². The van der Waals surface area contributed by atoms with E-state index >= 15 is 0 Å². The lowest BCUT2D eigenvalue weighted by atomic mass is 9.98. The Balaban J connectivity index is 2.09. The van der Waals surface area contributed by atoms with E-state index in [1.807, 2.05) is 60.7 Å². The normalized spacial score (nSPS) is 10.9. The number of fused-ring (bicyclic) bond motifs is 1. The van der Waals surface area contributed by atoms with Crippen LogP contribution in [-0.2, 0) is 0 Å². The zero-order chi connectivity index (χ0) is 16.5. The van der Waals surface area contributed by atoms with E-state index in [4.69, 9.17) is 16.6 Å². The van der Waals surface area contributed by atoms with E-state index < -0.39 is 0 Å². The number of halogens is 1. The van der Waals surface area contributed by atoms with Gasteiger partial charge >= 0.3 is 0 Å². The highest BCUT2D eigenvalue weighted by Gasteiger charge is 2.13. The van der Waals surface area contributed by atoms with Crippen molar-refractivity contribution < 1.29 is 0 Å². The lowest BCUT2D eigenvalue weighted by Crippen LogP contribution is -2.03. The molecule has 0 spiro atoms. The van der Waals surface area contributed by atoms with E-state index in [-0.39, 0.29) is 5.43 Å². The average Bonchev–Trinajstić information content (AvgIpc) is 2.62. The molecule has 4 heteroatoms. The van der Waals surface area contributed by atoms with Gasteiger partial charge in [0.05, 0.1) is 11.1 Å². The van der Waals surface area contributed by atoms with E-state index in [2.05, 4.69) is 4.98 Å². The Kier molecular flexibility index (Phi) is 3.63. The molecule has 0 bridgehead atoms. The summed E-state index contributed by atoms with van der Waals surface area (Å²) in [6.45, 7) is 0. The highest BCUT2D eigenvalue weighted by Crippen LogP contribution is 2.33. The highest BCUT2D eigenvalue weighted by atomic mass is 35.5. The third-order valence-electron chi connectivity index (χ3n) is 3.93. The molecule has 116 valence electrons. The van der Waals surface area contributed by atoms with Crippen LogP contribution in [0.3, 0.4) is 0 Å². The average molecular weight is 333 g/mol. The Labute approximate surface area is 143 Å². The fraction of sp³-hybridized carbons (Fsp3) is 0. The lowest BCUT2D eigenvalue weighted by Gasteiger charge is -2.11. The third-order valence-corrected chi connectivity index (χ3v) is 4.16. The third kappa shape index (κ3) is 2.59. The molecule has 0 radical (unpaired) electrons. The fourth-order valence-corrected chi connectivity index (χ4v) is 2.98. The Morgan fingerprint density at radius 2 is 1.67 bits per heavy atom. The molecule has 3 nitrogen and oxygen atoms in total. The van der Waals surface area contributed by atoms with Gasteiger partial charge in [-0.25, -0.2) is 4.98 Å². The molecule has 0 atom stereocenters. The number of nitrogens with zero attached hydrogens (tertiary/aromatic N) is 1. The summed E-state index contributed by atoms with van der Waals surface area (Å²) in [4.78, 5) is 20.0. The Hall–Kier alpha value is -2.91. The van der Waals surface area contributed by atoms with Crippen LogP contribution >= 0.6 is 11.6 Å². The fourth-order valence-electron chi connectivity index (χ4n) is 2.79. The maximum atomic E-state index is 12.2. The van der Waals surface area contributed by atoms with E-state index in [0.717, 1.165) is 22.4 Å². The van der Waals surface area contributed by atoms with Crippen LogP contribution in [0.1, 0.15) is 0 Å². The van der Waals surface area contributed by atoms with Gasteiger partial charge in [-0.1, -0.05) is 54.1 Å². The molecule has 2 heterocycles. The molecule has 0 aliphatic rings. The van der Waals surface area contributed by atoms with Crippen LogP contribution in [0.25, 0.3) is 33.4 Å². The van der Waals surface area contributed by atoms with E-state index in [9.17, 15) is 4.79 Å². The minimum absolute atomic E-state index is 0.0564. The second-order valence-corrected chi connectivity index (χ2v) is 5.94. The van der Waals surface area contributed by atoms with Crippen molar-refractivity contribution >= 4 is 22.6 Å². The first-order valence-electron chi connectivity index (χ1n) is 7.56. The van der Waals surface area contributed by atoms with Crippen molar-refractivity contribution in [2.75, 3.05) is 0 Å². The summed E-state index contributed by atoms with van der Waals surface area (Å²) in [6.07, 6.45) is 1.62. The predicted molar refractivity (Wildman–Crippen MR) is 98.2 cm³/mol. The molecule has 0 fully saturated rings. The van der Waals surface area contributed by atoms with Gasteiger partial charge in [-0.15, -0.1) is 0 Å². The lowest BCUT2D eigenvalue weighted by molar-refractivity contribution is 1.28. The molecule has 0 saturated carbocycles. The van der Waals surface area contributed by atoms with Gasteiger partial charge < -0.3 is 4.98 Å². The highest BCUT2D eigenvalue weighted by molar-refractivity contribution is 6.30. The molecule has 2 aromatic carbocycles. The standard InChI is InChI=1S/C20H13ClN2O/c21-15-8-4-7-14(11-15)16-12-17-18(24)9-10-22-20(17)23-19(16)13-5-2-1-3-6-13/h1-12H,(H,22,23,24). The van der Waals surface area contributed by atoms with Gasteiger partial charge in [0.1, 0.15) is 5.65 Å². The second kappa shape index (κ2) is 5.95. The molecule has 4 rings (SSSR count). The van der Waals surface area contributed by atoms with Crippen molar-refractivity contribution in [3.63, 3.8) is 0 Å². The van der Waals surface area contributed by atoms with E-state index in [1.165, 1.54) is 6.07 Å². The van der Waals surface area contributed by atoms with Crippen molar-refractivity contribution in [2.45, 2.75) is 0 Å². The molecule has 0 aliphatic carbocycles. The number of nitrogens with one attached hydrogen (secondary N) is 1. The SMILES string of the molecule is O=c1cc[nH]c2nc(-c3ccccc3)c(-c3cccc(Cl)c3)cc12. The molecular formula is C20H13ClN2O. The Morgan fingerprint density at radius 3 is 2.46 bits per heavy atom. The van der Waals surface area contributed by atoms with Crippen LogP contribution in [0.15, 0.2) is 77.7 Å². The number of H-pyrrole nitrogens is 1. The van der Waals surface area contributed by atoms with Crippen LogP contribution in [0.4, 0.5) is 0 Å². The monoisotopic (exact) mass is 332 g/mol. The van der Waals surface area contributed by atoms with Crippen molar-refractivity contribution in [3.8, 4) is 22.4 Å². The van der Waals surface area contributed by atoms with Gasteiger partial charge in [0.15, 0.2) is 5.43 Å². The summed E-state index contributed by atoms with van der Waals surface area (Å²) in [5, 5.41) is 1.21. The molecule has 0 amide bonds. The van der Waals surface area contributed by atoms with E-state index in [0.29, 0.717) is 16.1 Å². The van der Waals surface area contributed by atoms with E-state index in [1.54, 1.807) is 6.20 Å². The number of hydrogen-bond donors (Lipinski definition) is 1. The van der Waals surface area contributed by atoms with Gasteiger partial charge in [0, 0.05) is 28.4 Å². The summed E-state index contributed by atoms with van der Waals surface area (Å²) in [5.41, 5.74) is 4.13. The molecule has 0 unspecified atom stereocenters. The molecule has 0 aliphatic heterocycles. The summed E-state index contributed by atoms with van der Waals surface area (Å²) in [5.74, 6) is 0. The molecule has 2 aromatic heterocycles. The number of benzene rings is 2. The van der Waals surface area contributed by atoms with Gasteiger partial charge in [-0.3, -0.25) is 4.79 Å². The number of rotatable bonds is 2. The molecular weight excluding hydrogens is 320 g/mol. The molecule has 4 aromatic rings. The van der Waals surface area contributed by atoms with Crippen molar-refractivity contribution in [1.29, 1.82) is 0 Å². The first-order chi connectivity index (χ1) is 11.7. The summed E-state index contributed by atoms with van der Waals surface area (Å²) in [6, 6.07) is 20.9. The van der Waals surface area contributed by atoms with Gasteiger partial charge in [0.25, 0.3) is 0 Å². The van der Waals surface area contributed by atoms with Crippen LogP contribution in [-0.4, -0.2) is 9.97 Å². The van der Waals surface area contributed by atoms with Crippen molar-refractivity contribution in [2.24, 2.45) is 0 Å². The Bertz CT molecular complexity index is 1090. The number of aromatic nitrogens is 2. The number of aromatic amines is 1. The summed E-state index contributed by atoms with van der Waals surface area (Å²) >= 11 is 6.15. The van der Waals surface area contributed by atoms with Gasteiger partial charge in [-0.2, -0.15) is 0 Å². The quantitative estimate of drug-likeness (QED) is 0.567. The second-order valence-electron chi connectivity index (χ2n) is 5.50. The Morgan fingerprint density at radius 1 is 0.875 bits per heavy atom. The minimum atomic E-state index is -0.0564. The smallest absolute Gasteiger partial charge is 0.191 e. The summed E-state index contributed by atoms with van der Waals surface area (Å²) in [7, 11) is 0. The van der Waals surface area contributed by atoms with Crippen LogP contribution in [0.2, 0.25) is 5.02 Å². The van der Waals surface area contributed by atoms with Crippen LogP contribution in [0.5, 0.6) is 0 Å². The first-order valence-corrected chi connectivity index (χ1v) is 7.94. The maximum absolute atomic E-state index is 12.2. The molecule has 1 N–H and O–H groups in total. The summed E-state index contributed by atoms with van der Waals surface area (Å²) < 4.78 is 0. The zero-order valence-corrected chi connectivity index (χ0v) is 13.4. The largest absolute Gasteiger partial charge is 0.346 e. The topological polar surface area (TPSA) is 45.8 Å². The van der Waals surface area contributed by atoms with Crippen LogP contribution < -0.4 is 5.43 Å². The molecule has 24 heavy (non-hydrogen) atoms. The van der Waals surface area contributed by atoms with Gasteiger partial charge in [-0.05, 0) is 23.8 Å². The maximum Gasteiger partial charge on any atom is 0.191 e. The van der Waals surface area contributed by atoms with Crippen LogP contribution in [0, 0.1) is 0 Å². The predicted octanol–water partition coefficient (Wildman–Crippen LogP) is 4.91.